The molecule has 0 bridgehead atoms. The molecule has 1 unspecified atom stereocenters. The molecule has 7 atom stereocenters. The summed E-state index contributed by atoms with van der Waals surface area (Å²) in [5.74, 6) is 4.41. The highest BCUT2D eigenvalue weighted by Gasteiger charge is 2.56. The zero-order valence-electron chi connectivity index (χ0n) is 18.6. The number of Topliss-reactive ketones (excluding diaryl/α,β-unsaturated/α-hetero) is 1. The van der Waals surface area contributed by atoms with E-state index >= 15 is 0 Å². The third-order valence-electron chi connectivity index (χ3n) is 9.78. The smallest absolute Gasteiger partial charge is 0.192 e. The monoisotopic (exact) mass is 390 g/mol. The lowest BCUT2D eigenvalue weighted by molar-refractivity contribution is -0.137. The highest BCUT2D eigenvalue weighted by molar-refractivity contribution is 6.74. The van der Waals surface area contributed by atoms with Gasteiger partial charge in [-0.2, -0.15) is 0 Å². The van der Waals surface area contributed by atoms with Crippen LogP contribution in [0.5, 0.6) is 0 Å². The van der Waals surface area contributed by atoms with E-state index in [4.69, 9.17) is 4.43 Å². The summed E-state index contributed by atoms with van der Waals surface area (Å²) in [7, 11) is -1.85. The van der Waals surface area contributed by atoms with E-state index in [1.165, 1.54) is 44.9 Å². The van der Waals surface area contributed by atoms with Crippen LogP contribution < -0.4 is 0 Å². The summed E-state index contributed by atoms with van der Waals surface area (Å²) in [5, 5.41) is 0.216. The molecule has 0 aliphatic heterocycles. The Morgan fingerprint density at radius 3 is 2.44 bits per heavy atom. The molecule has 0 aromatic carbocycles. The molecule has 0 radical (unpaired) electrons. The zero-order chi connectivity index (χ0) is 19.6. The Morgan fingerprint density at radius 2 is 1.74 bits per heavy atom. The van der Waals surface area contributed by atoms with Gasteiger partial charge in [-0.15, -0.1) is 0 Å². The summed E-state index contributed by atoms with van der Waals surface area (Å²) in [6, 6.07) is 0. The molecule has 4 aliphatic carbocycles. The summed E-state index contributed by atoms with van der Waals surface area (Å²) >= 11 is 0. The largest absolute Gasteiger partial charge is 0.413 e. The number of hydrogen-bond donors (Lipinski definition) is 0. The predicted octanol–water partition coefficient (Wildman–Crippen LogP) is 6.60. The van der Waals surface area contributed by atoms with Crippen LogP contribution in [0.15, 0.2) is 0 Å². The van der Waals surface area contributed by atoms with Crippen molar-refractivity contribution in [3.63, 3.8) is 0 Å². The van der Waals surface area contributed by atoms with Crippen molar-refractivity contribution < 1.29 is 9.22 Å². The maximum Gasteiger partial charge on any atom is 0.192 e. The molecule has 2 nitrogen and oxygen atoms in total. The van der Waals surface area contributed by atoms with Gasteiger partial charge in [0.1, 0.15) is 5.78 Å². The van der Waals surface area contributed by atoms with Crippen molar-refractivity contribution in [1.82, 2.24) is 0 Å². The van der Waals surface area contributed by atoms with Crippen LogP contribution in [0, 0.1) is 35.0 Å². The molecule has 27 heavy (non-hydrogen) atoms. The van der Waals surface area contributed by atoms with Crippen LogP contribution in [-0.4, -0.2) is 20.2 Å². The van der Waals surface area contributed by atoms with Gasteiger partial charge < -0.3 is 4.43 Å². The molecule has 0 amide bonds. The second-order valence-corrected chi connectivity index (χ2v) is 17.1. The highest BCUT2D eigenvalue weighted by atomic mass is 28.4. The van der Waals surface area contributed by atoms with Gasteiger partial charge in [0.05, 0.1) is 6.10 Å². The average molecular weight is 391 g/mol. The minimum Gasteiger partial charge on any atom is -0.413 e. The molecule has 0 saturated heterocycles. The molecule has 0 spiro atoms. The third kappa shape index (κ3) is 3.39. The molecule has 4 rings (SSSR count). The van der Waals surface area contributed by atoms with Crippen molar-refractivity contribution in [1.29, 1.82) is 0 Å². The maximum absolute atomic E-state index is 12.6. The Bertz CT molecular complexity index is 592. The summed E-state index contributed by atoms with van der Waals surface area (Å²) in [6.07, 6.45) is 11.6. The molecule has 3 heteroatoms. The van der Waals surface area contributed by atoms with Gasteiger partial charge >= 0.3 is 0 Å². The Kier molecular flexibility index (Phi) is 4.99. The second kappa shape index (κ2) is 6.69. The van der Waals surface area contributed by atoms with Crippen LogP contribution in [0.1, 0.15) is 85.5 Å². The fourth-order valence-corrected chi connectivity index (χ4v) is 8.73. The van der Waals surface area contributed by atoms with Crippen LogP contribution in [0.4, 0.5) is 0 Å². The van der Waals surface area contributed by atoms with E-state index in [9.17, 15) is 4.79 Å². The number of carbonyl (C=O) groups is 1. The number of ketones is 1. The van der Waals surface area contributed by atoms with Gasteiger partial charge in [-0.3, -0.25) is 4.79 Å². The minimum absolute atomic E-state index is 0.204. The molecule has 0 heterocycles. The standard InChI is InChI=1S/C24H42O2Si/c1-23(2,3)27(5,6)26-21-15-17(25)14-16-9-10-18-19(22(16)21)11-13-24(4)12-7-8-20(18)24/h16,18-22H,7-15H2,1-6H3/t16-,18+,19-,20-,21?,22-,24-/m0/s1. The SMILES string of the molecule is CC(C)(C)[Si](C)(C)OC1CC(=O)C[C@@H]2CC[C@@H]3[C@H](CC[C@]4(C)CCC[C@@H]34)[C@@H]12. The van der Waals surface area contributed by atoms with Gasteiger partial charge in [0.2, 0.25) is 0 Å². The van der Waals surface area contributed by atoms with Gasteiger partial charge in [-0.05, 0) is 91.7 Å². The van der Waals surface area contributed by atoms with Crippen LogP contribution in [0.25, 0.3) is 0 Å². The van der Waals surface area contributed by atoms with Crippen molar-refractivity contribution in [2.24, 2.45) is 35.0 Å². The first-order valence-electron chi connectivity index (χ1n) is 11.7. The van der Waals surface area contributed by atoms with E-state index in [0.717, 1.165) is 24.2 Å². The lowest BCUT2D eigenvalue weighted by atomic mass is 9.50. The first kappa shape index (κ1) is 20.1. The zero-order valence-corrected chi connectivity index (χ0v) is 19.6. The fourth-order valence-electron chi connectivity index (χ4n) is 7.38. The molecule has 4 aliphatic rings. The van der Waals surface area contributed by atoms with Crippen molar-refractivity contribution in [2.45, 2.75) is 110 Å². The van der Waals surface area contributed by atoms with Gasteiger partial charge in [-0.1, -0.05) is 34.1 Å². The first-order chi connectivity index (χ1) is 12.5. The lowest BCUT2D eigenvalue weighted by Crippen LogP contribution is -2.55. The van der Waals surface area contributed by atoms with E-state index < -0.39 is 8.32 Å². The molecule has 0 aromatic rings. The normalized spacial score (nSPS) is 45.2. The van der Waals surface area contributed by atoms with E-state index in [0.29, 0.717) is 29.5 Å². The molecule has 0 N–H and O–H groups in total. The van der Waals surface area contributed by atoms with E-state index in [1.807, 2.05) is 0 Å². The molecule has 0 aromatic heterocycles. The Labute approximate surface area is 168 Å². The number of hydrogen-bond acceptors (Lipinski definition) is 2. The maximum atomic E-state index is 12.6. The number of carbonyl (C=O) groups excluding carboxylic acids is 1. The highest BCUT2D eigenvalue weighted by Crippen LogP contribution is 2.62. The first-order valence-corrected chi connectivity index (χ1v) is 14.6. The minimum atomic E-state index is -1.85. The summed E-state index contributed by atoms with van der Waals surface area (Å²) in [6.45, 7) is 14.3. The summed E-state index contributed by atoms with van der Waals surface area (Å²) in [5.41, 5.74) is 0.619. The summed E-state index contributed by atoms with van der Waals surface area (Å²) < 4.78 is 6.99. The van der Waals surface area contributed by atoms with Crippen molar-refractivity contribution in [2.75, 3.05) is 0 Å². The average Bonchev–Trinajstić information content (AvgIpc) is 2.94. The molecule has 4 saturated carbocycles. The predicted molar refractivity (Wildman–Crippen MR) is 114 cm³/mol. The summed E-state index contributed by atoms with van der Waals surface area (Å²) in [4.78, 5) is 12.6. The molecule has 154 valence electrons. The third-order valence-corrected chi connectivity index (χ3v) is 14.3. The Morgan fingerprint density at radius 1 is 1.00 bits per heavy atom. The van der Waals surface area contributed by atoms with Crippen LogP contribution in [0.3, 0.4) is 0 Å². The quantitative estimate of drug-likeness (QED) is 0.497. The second-order valence-electron chi connectivity index (χ2n) is 12.3. The lowest BCUT2D eigenvalue weighted by Gasteiger charge is -2.57. The molecular weight excluding hydrogens is 348 g/mol. The van der Waals surface area contributed by atoms with Gasteiger partial charge in [0, 0.05) is 12.8 Å². The van der Waals surface area contributed by atoms with Crippen LogP contribution >= 0.6 is 0 Å². The van der Waals surface area contributed by atoms with Crippen molar-refractivity contribution >= 4 is 14.1 Å². The Balaban J connectivity index is 1.60. The Hall–Kier alpha value is -0.153. The van der Waals surface area contributed by atoms with Crippen LogP contribution in [0.2, 0.25) is 18.1 Å². The van der Waals surface area contributed by atoms with Crippen molar-refractivity contribution in [3.05, 3.63) is 0 Å². The van der Waals surface area contributed by atoms with Crippen molar-refractivity contribution in [3.8, 4) is 0 Å². The van der Waals surface area contributed by atoms with E-state index in [2.05, 4.69) is 40.8 Å². The van der Waals surface area contributed by atoms with Gasteiger partial charge in [0.15, 0.2) is 8.32 Å². The van der Waals surface area contributed by atoms with Gasteiger partial charge in [0.25, 0.3) is 0 Å². The topological polar surface area (TPSA) is 26.3 Å². The van der Waals surface area contributed by atoms with E-state index in [1.54, 1.807) is 0 Å². The number of rotatable bonds is 2. The molecule has 4 fully saturated rings. The fraction of sp³-hybridized carbons (Fsp3) is 0.958. The van der Waals surface area contributed by atoms with Gasteiger partial charge in [-0.25, -0.2) is 0 Å². The van der Waals surface area contributed by atoms with E-state index in [-0.39, 0.29) is 11.1 Å². The van der Waals surface area contributed by atoms with Crippen LogP contribution in [-0.2, 0) is 9.22 Å². The molecular formula is C24H42O2Si. The number of fused-ring (bicyclic) bond motifs is 5.